The lowest BCUT2D eigenvalue weighted by Crippen LogP contribution is -2.13. The van der Waals surface area contributed by atoms with Gasteiger partial charge >= 0.3 is 0 Å². The number of carbonyl (C=O) groups is 1. The molecule has 0 radical (unpaired) electrons. The molecule has 2 aromatic carbocycles. The van der Waals surface area contributed by atoms with E-state index in [4.69, 9.17) is 10.5 Å². The van der Waals surface area contributed by atoms with Crippen molar-refractivity contribution in [3.8, 4) is 5.75 Å². The second-order valence-electron chi connectivity index (χ2n) is 5.19. The zero-order valence-corrected chi connectivity index (χ0v) is 12.5. The summed E-state index contributed by atoms with van der Waals surface area (Å²) in [6.07, 6.45) is 0. The zero-order valence-electron chi connectivity index (χ0n) is 12.5. The van der Waals surface area contributed by atoms with E-state index in [9.17, 15) is 4.79 Å². The van der Waals surface area contributed by atoms with Crippen LogP contribution in [0.15, 0.2) is 42.5 Å². The van der Waals surface area contributed by atoms with Crippen LogP contribution in [0.4, 0.5) is 11.4 Å². The zero-order chi connectivity index (χ0) is 15.4. The Kier molecular flexibility index (Phi) is 4.48. The molecule has 4 heteroatoms. The fourth-order valence-corrected chi connectivity index (χ4v) is 2.07. The van der Waals surface area contributed by atoms with Crippen LogP contribution in [0.5, 0.6) is 5.75 Å². The highest BCUT2D eigenvalue weighted by Crippen LogP contribution is 2.24. The summed E-state index contributed by atoms with van der Waals surface area (Å²) in [6, 6.07) is 12.8. The van der Waals surface area contributed by atoms with Crippen LogP contribution >= 0.6 is 0 Å². The second-order valence-corrected chi connectivity index (χ2v) is 5.19. The molecule has 3 N–H and O–H groups in total. The summed E-state index contributed by atoms with van der Waals surface area (Å²) in [6.45, 7) is 4.23. The van der Waals surface area contributed by atoms with Gasteiger partial charge in [-0.3, -0.25) is 4.79 Å². The van der Waals surface area contributed by atoms with E-state index in [0.29, 0.717) is 22.9 Å². The number of nitrogen functional groups attached to an aromatic ring is 1. The number of nitrogens with two attached hydrogens (primary N) is 1. The van der Waals surface area contributed by atoms with E-state index in [0.717, 1.165) is 5.69 Å². The Bertz CT molecular complexity index is 651. The number of carbonyl (C=O) groups excluding carboxylic acids is 1. The number of benzene rings is 2. The van der Waals surface area contributed by atoms with Crippen molar-refractivity contribution in [3.63, 3.8) is 0 Å². The first-order valence-electron chi connectivity index (χ1n) is 6.86. The van der Waals surface area contributed by atoms with Gasteiger partial charge in [-0.15, -0.1) is 0 Å². The Hall–Kier alpha value is -2.49. The van der Waals surface area contributed by atoms with Gasteiger partial charge in [0.05, 0.1) is 12.7 Å². The third-order valence-corrected chi connectivity index (χ3v) is 3.28. The quantitative estimate of drug-likeness (QED) is 0.842. The minimum atomic E-state index is -0.215. The molecular formula is C17H20N2O2. The Labute approximate surface area is 124 Å². The standard InChI is InChI=1S/C17H20N2O2/c1-11(2)12-5-4-6-14(9-12)19-17(20)15-8-7-13(18)10-16(15)21-3/h4-11H,18H2,1-3H3,(H,19,20). The van der Waals surface area contributed by atoms with Gasteiger partial charge in [-0.05, 0) is 35.7 Å². The SMILES string of the molecule is COc1cc(N)ccc1C(=O)Nc1cccc(C(C)C)c1. The summed E-state index contributed by atoms with van der Waals surface area (Å²) in [5, 5.41) is 2.89. The van der Waals surface area contributed by atoms with Crippen LogP contribution in [0, 0.1) is 0 Å². The van der Waals surface area contributed by atoms with Crippen LogP contribution in [0.2, 0.25) is 0 Å². The number of ether oxygens (including phenoxy) is 1. The number of methoxy groups -OCH3 is 1. The van der Waals surface area contributed by atoms with Crippen molar-refractivity contribution in [2.75, 3.05) is 18.2 Å². The molecular weight excluding hydrogens is 264 g/mol. The van der Waals surface area contributed by atoms with Crippen molar-refractivity contribution in [2.45, 2.75) is 19.8 Å². The molecule has 0 aliphatic heterocycles. The summed E-state index contributed by atoms with van der Waals surface area (Å²) >= 11 is 0. The van der Waals surface area contributed by atoms with Gasteiger partial charge in [-0.2, -0.15) is 0 Å². The average Bonchev–Trinajstić information content (AvgIpc) is 2.47. The van der Waals surface area contributed by atoms with Crippen molar-refractivity contribution in [1.82, 2.24) is 0 Å². The largest absolute Gasteiger partial charge is 0.496 e. The molecule has 0 aromatic heterocycles. The molecule has 21 heavy (non-hydrogen) atoms. The third kappa shape index (κ3) is 3.54. The van der Waals surface area contributed by atoms with E-state index in [1.54, 1.807) is 18.2 Å². The number of nitrogens with one attached hydrogen (secondary N) is 1. The van der Waals surface area contributed by atoms with Gasteiger partial charge in [-0.1, -0.05) is 26.0 Å². The van der Waals surface area contributed by atoms with E-state index < -0.39 is 0 Å². The van der Waals surface area contributed by atoms with Gasteiger partial charge in [0.15, 0.2) is 0 Å². The molecule has 0 aliphatic carbocycles. The second kappa shape index (κ2) is 6.31. The Balaban J connectivity index is 2.24. The summed E-state index contributed by atoms with van der Waals surface area (Å²) in [4.78, 5) is 12.4. The molecule has 0 heterocycles. The van der Waals surface area contributed by atoms with E-state index in [2.05, 4.69) is 19.2 Å². The molecule has 0 spiro atoms. The van der Waals surface area contributed by atoms with Crippen molar-refractivity contribution < 1.29 is 9.53 Å². The predicted octanol–water partition coefficient (Wildman–Crippen LogP) is 3.65. The summed E-state index contributed by atoms with van der Waals surface area (Å²) in [5.74, 6) is 0.660. The number of rotatable bonds is 4. The molecule has 2 rings (SSSR count). The van der Waals surface area contributed by atoms with Crippen molar-refractivity contribution in [2.24, 2.45) is 0 Å². The average molecular weight is 284 g/mol. The maximum Gasteiger partial charge on any atom is 0.259 e. The van der Waals surface area contributed by atoms with Crippen LogP contribution in [0.1, 0.15) is 35.7 Å². The van der Waals surface area contributed by atoms with E-state index >= 15 is 0 Å². The molecule has 4 nitrogen and oxygen atoms in total. The van der Waals surface area contributed by atoms with Crippen LogP contribution in [0.25, 0.3) is 0 Å². The van der Waals surface area contributed by atoms with Crippen LogP contribution in [-0.2, 0) is 0 Å². The van der Waals surface area contributed by atoms with Crippen LogP contribution in [0.3, 0.4) is 0 Å². The lowest BCUT2D eigenvalue weighted by atomic mass is 10.0. The summed E-state index contributed by atoms with van der Waals surface area (Å²) < 4.78 is 5.21. The molecule has 0 saturated carbocycles. The highest BCUT2D eigenvalue weighted by molar-refractivity contribution is 6.06. The highest BCUT2D eigenvalue weighted by atomic mass is 16.5. The Morgan fingerprint density at radius 2 is 1.95 bits per heavy atom. The first kappa shape index (κ1) is 14.9. The number of hydrogen-bond donors (Lipinski definition) is 2. The van der Waals surface area contributed by atoms with Gasteiger partial charge in [0.2, 0.25) is 0 Å². The maximum atomic E-state index is 12.4. The fourth-order valence-electron chi connectivity index (χ4n) is 2.07. The highest BCUT2D eigenvalue weighted by Gasteiger charge is 2.13. The van der Waals surface area contributed by atoms with Gasteiger partial charge in [0.1, 0.15) is 5.75 Å². The first-order chi connectivity index (χ1) is 10.0. The molecule has 0 fully saturated rings. The summed E-state index contributed by atoms with van der Waals surface area (Å²) in [7, 11) is 1.52. The lowest BCUT2D eigenvalue weighted by Gasteiger charge is -2.12. The Morgan fingerprint density at radius 1 is 1.19 bits per heavy atom. The van der Waals surface area contributed by atoms with Gasteiger partial charge in [-0.25, -0.2) is 0 Å². The normalized spacial score (nSPS) is 10.5. The van der Waals surface area contributed by atoms with Gasteiger partial charge in [0, 0.05) is 17.4 Å². The maximum absolute atomic E-state index is 12.4. The van der Waals surface area contributed by atoms with Gasteiger partial charge in [0.25, 0.3) is 5.91 Å². The monoisotopic (exact) mass is 284 g/mol. The molecule has 110 valence electrons. The molecule has 0 aliphatic rings. The van der Waals surface area contributed by atoms with E-state index in [1.807, 2.05) is 24.3 Å². The van der Waals surface area contributed by atoms with Crippen molar-refractivity contribution in [3.05, 3.63) is 53.6 Å². The molecule has 0 unspecified atom stereocenters. The molecule has 2 aromatic rings. The summed E-state index contributed by atoms with van der Waals surface area (Å²) in [5.41, 5.74) is 8.66. The first-order valence-corrected chi connectivity index (χ1v) is 6.86. The Morgan fingerprint density at radius 3 is 2.62 bits per heavy atom. The van der Waals surface area contributed by atoms with E-state index in [-0.39, 0.29) is 5.91 Å². The minimum absolute atomic E-state index is 0.215. The van der Waals surface area contributed by atoms with Crippen molar-refractivity contribution >= 4 is 17.3 Å². The minimum Gasteiger partial charge on any atom is -0.496 e. The molecule has 0 atom stereocenters. The number of anilines is 2. The number of amides is 1. The van der Waals surface area contributed by atoms with Crippen LogP contribution < -0.4 is 15.8 Å². The van der Waals surface area contributed by atoms with Gasteiger partial charge < -0.3 is 15.8 Å². The smallest absolute Gasteiger partial charge is 0.259 e. The fraction of sp³-hybridized carbons (Fsp3) is 0.235. The molecule has 0 bridgehead atoms. The van der Waals surface area contributed by atoms with Crippen molar-refractivity contribution in [1.29, 1.82) is 0 Å². The number of hydrogen-bond acceptors (Lipinski definition) is 3. The lowest BCUT2D eigenvalue weighted by molar-refractivity contribution is 0.102. The predicted molar refractivity (Wildman–Crippen MR) is 85.9 cm³/mol. The topological polar surface area (TPSA) is 64.3 Å². The molecule has 1 amide bonds. The third-order valence-electron chi connectivity index (χ3n) is 3.28. The van der Waals surface area contributed by atoms with Crippen LogP contribution in [-0.4, -0.2) is 13.0 Å². The van der Waals surface area contributed by atoms with E-state index in [1.165, 1.54) is 12.7 Å². The molecule has 0 saturated heterocycles.